The maximum absolute atomic E-state index is 3.73. The third-order valence-electron chi connectivity index (χ3n) is 9.39. The van der Waals surface area contributed by atoms with E-state index in [1.807, 2.05) is 0 Å². The van der Waals surface area contributed by atoms with E-state index in [0.29, 0.717) is 12.0 Å². The van der Waals surface area contributed by atoms with Gasteiger partial charge in [0, 0.05) is 0 Å². The molecular weight excluding hydrogens is 484 g/mol. The van der Waals surface area contributed by atoms with Crippen molar-refractivity contribution in [2.45, 2.75) is 226 Å². The van der Waals surface area contributed by atoms with E-state index in [0.717, 1.165) is 0 Å². The van der Waals surface area contributed by atoms with E-state index < -0.39 is 0 Å². The highest BCUT2D eigenvalue weighted by Crippen LogP contribution is 2.27. The second kappa shape index (κ2) is 28.3. The van der Waals surface area contributed by atoms with E-state index >= 15 is 0 Å². The molecule has 1 aromatic rings. The van der Waals surface area contributed by atoms with Crippen LogP contribution < -0.4 is 4.57 Å². The van der Waals surface area contributed by atoms with Crippen LogP contribution in [0.1, 0.15) is 232 Å². The molecule has 2 heteroatoms. The summed E-state index contributed by atoms with van der Waals surface area (Å²) in [7, 11) is 0. The van der Waals surface area contributed by atoms with Crippen molar-refractivity contribution in [2.75, 3.05) is 0 Å². The average Bonchev–Trinajstić information content (AvgIpc) is 3.45. The van der Waals surface area contributed by atoms with Gasteiger partial charge in [-0.05, 0) is 32.6 Å². The van der Waals surface area contributed by atoms with Crippen LogP contribution in [0.3, 0.4) is 0 Å². The van der Waals surface area contributed by atoms with Crippen LogP contribution >= 0.6 is 0 Å². The fourth-order valence-corrected chi connectivity index (χ4v) is 6.60. The predicted molar refractivity (Wildman–Crippen MR) is 179 cm³/mol. The van der Waals surface area contributed by atoms with Gasteiger partial charge in [0.2, 0.25) is 0 Å². The minimum Gasteiger partial charge on any atom is -0.247 e. The van der Waals surface area contributed by atoms with Crippen LogP contribution in [0.15, 0.2) is 12.4 Å². The van der Waals surface area contributed by atoms with Crippen molar-refractivity contribution in [1.29, 1.82) is 0 Å². The molecule has 0 bridgehead atoms. The molecule has 0 aliphatic rings. The van der Waals surface area contributed by atoms with Crippen LogP contribution in [-0.2, 0) is 0 Å². The van der Waals surface area contributed by atoms with E-state index in [4.69, 9.17) is 0 Å². The highest BCUT2D eigenvalue weighted by molar-refractivity contribution is 4.90. The number of hydrogen-bond donors (Lipinski definition) is 1. The van der Waals surface area contributed by atoms with Crippen LogP contribution in [0.25, 0.3) is 0 Å². The van der Waals surface area contributed by atoms with Crippen molar-refractivity contribution in [3.05, 3.63) is 18.2 Å². The molecule has 0 spiro atoms. The lowest BCUT2D eigenvalue weighted by Crippen LogP contribution is -2.41. The van der Waals surface area contributed by atoms with Gasteiger partial charge in [-0.2, -0.15) is 0 Å². The lowest BCUT2D eigenvalue weighted by atomic mass is 9.92. The Kier molecular flexibility index (Phi) is 26.4. The highest BCUT2D eigenvalue weighted by Gasteiger charge is 2.25. The number of aromatic nitrogens is 2. The Labute approximate surface area is 253 Å². The summed E-state index contributed by atoms with van der Waals surface area (Å²) in [5, 5.41) is 0. The normalized spacial score (nSPS) is 12.5. The minimum absolute atomic E-state index is 0.621. The zero-order chi connectivity index (χ0) is 28.9. The fourth-order valence-electron chi connectivity index (χ4n) is 6.60. The molecule has 1 rings (SSSR count). The number of nitrogens with zero attached hydrogens (tertiary/aromatic N) is 1. The Morgan fingerprint density at radius 3 is 1.20 bits per heavy atom. The number of hydrogen-bond acceptors (Lipinski definition) is 0. The van der Waals surface area contributed by atoms with Crippen molar-refractivity contribution in [3.8, 4) is 0 Å². The minimum atomic E-state index is 0.621. The molecule has 236 valence electrons. The third-order valence-corrected chi connectivity index (χ3v) is 9.39. The molecule has 0 amide bonds. The monoisotopic (exact) mass is 560 g/mol. The first kappa shape index (κ1) is 37.2. The Morgan fingerprint density at radius 2 is 0.800 bits per heavy atom. The van der Waals surface area contributed by atoms with Gasteiger partial charge in [0.25, 0.3) is 5.82 Å². The van der Waals surface area contributed by atoms with Crippen LogP contribution in [-0.4, -0.2) is 4.98 Å². The summed E-state index contributed by atoms with van der Waals surface area (Å²) in [4.78, 5) is 3.73. The molecule has 1 aromatic heterocycles. The summed E-state index contributed by atoms with van der Waals surface area (Å²) in [5.41, 5.74) is 0. The first-order valence-electron chi connectivity index (χ1n) is 18.8. The molecule has 0 saturated carbocycles. The number of rotatable bonds is 31. The molecule has 0 saturated heterocycles. The smallest absolute Gasteiger partial charge is 0.247 e. The van der Waals surface area contributed by atoms with Crippen LogP contribution in [0.5, 0.6) is 0 Å². The van der Waals surface area contributed by atoms with E-state index in [1.165, 1.54) is 192 Å². The molecule has 0 radical (unpaired) electrons. The average molecular weight is 560 g/mol. The zero-order valence-electron chi connectivity index (χ0n) is 28.3. The van der Waals surface area contributed by atoms with Gasteiger partial charge in [-0.15, -0.1) is 0 Å². The summed E-state index contributed by atoms with van der Waals surface area (Å²) in [6.45, 7) is 9.39. The number of imidazole rings is 1. The van der Waals surface area contributed by atoms with Crippen molar-refractivity contribution in [1.82, 2.24) is 4.98 Å². The van der Waals surface area contributed by atoms with Gasteiger partial charge in [-0.25, -0.2) is 9.55 Å². The second-order valence-electron chi connectivity index (χ2n) is 13.3. The molecule has 1 unspecified atom stereocenters. The molecule has 1 heterocycles. The van der Waals surface area contributed by atoms with Crippen LogP contribution in [0.2, 0.25) is 0 Å². The lowest BCUT2D eigenvalue weighted by Gasteiger charge is -2.17. The SMILES string of the molecule is CCCCCCCCCCCCCC(CCCCCCCCCCCCC)c1[nH]cc[n+]1C(C)CCCCCC. The Morgan fingerprint density at radius 1 is 0.475 bits per heavy atom. The van der Waals surface area contributed by atoms with E-state index in [-0.39, 0.29) is 0 Å². The molecule has 1 N–H and O–H groups in total. The van der Waals surface area contributed by atoms with E-state index in [9.17, 15) is 0 Å². The molecule has 1 atom stereocenters. The standard InChI is InChI=1S/C38H74N2/c1-5-8-11-14-16-18-20-22-24-26-29-32-37(33-30-27-25-23-21-19-17-15-12-9-6-2)38-39-34-35-40(38)36(4)31-28-13-10-7-3/h34-37H,5-33H2,1-4H3/p+1. The summed E-state index contributed by atoms with van der Waals surface area (Å²) in [6.07, 6.45) is 45.7. The van der Waals surface area contributed by atoms with Gasteiger partial charge in [-0.1, -0.05) is 181 Å². The molecule has 0 aromatic carbocycles. The first-order chi connectivity index (χ1) is 19.7. The molecule has 0 aliphatic heterocycles. The Bertz CT molecular complexity index is 595. The summed E-state index contributed by atoms with van der Waals surface area (Å²) >= 11 is 0. The zero-order valence-corrected chi connectivity index (χ0v) is 28.3. The lowest BCUT2D eigenvalue weighted by molar-refractivity contribution is -0.727. The molecule has 40 heavy (non-hydrogen) atoms. The first-order valence-corrected chi connectivity index (χ1v) is 18.8. The summed E-state index contributed by atoms with van der Waals surface area (Å²) in [6, 6.07) is 0.621. The van der Waals surface area contributed by atoms with Gasteiger partial charge in [0.15, 0.2) is 0 Å². The fraction of sp³-hybridized carbons (Fsp3) is 0.921. The Balaban J connectivity index is 2.40. The van der Waals surface area contributed by atoms with Gasteiger partial charge in [-0.3, -0.25) is 0 Å². The molecular formula is C38H75N2+. The van der Waals surface area contributed by atoms with Crippen molar-refractivity contribution >= 4 is 0 Å². The predicted octanol–water partition coefficient (Wildman–Crippen LogP) is 13.3. The van der Waals surface area contributed by atoms with Crippen LogP contribution in [0, 0.1) is 0 Å². The molecule has 0 fully saturated rings. The number of H-pyrrole nitrogens is 1. The van der Waals surface area contributed by atoms with E-state index in [1.54, 1.807) is 0 Å². The van der Waals surface area contributed by atoms with Gasteiger partial charge < -0.3 is 0 Å². The molecule has 2 nitrogen and oxygen atoms in total. The van der Waals surface area contributed by atoms with Crippen molar-refractivity contribution < 1.29 is 4.57 Å². The third kappa shape index (κ3) is 20.1. The largest absolute Gasteiger partial charge is 0.257 e. The van der Waals surface area contributed by atoms with Crippen LogP contribution in [0.4, 0.5) is 0 Å². The van der Waals surface area contributed by atoms with E-state index in [2.05, 4.69) is 49.6 Å². The second-order valence-corrected chi connectivity index (χ2v) is 13.3. The quantitative estimate of drug-likeness (QED) is 0.0689. The topological polar surface area (TPSA) is 19.7 Å². The number of unbranched alkanes of at least 4 members (excludes halogenated alkanes) is 23. The van der Waals surface area contributed by atoms with Gasteiger partial charge in [0.05, 0.1) is 12.0 Å². The van der Waals surface area contributed by atoms with Gasteiger partial charge >= 0.3 is 0 Å². The number of nitrogens with one attached hydrogen (secondary N) is 1. The summed E-state index contributed by atoms with van der Waals surface area (Å²) in [5.74, 6) is 2.24. The van der Waals surface area contributed by atoms with Crippen molar-refractivity contribution in [3.63, 3.8) is 0 Å². The number of aromatic amines is 1. The maximum atomic E-state index is 3.73. The Hall–Kier alpha value is -0.790. The molecule has 0 aliphatic carbocycles. The highest BCUT2D eigenvalue weighted by atomic mass is 15.1. The summed E-state index contributed by atoms with van der Waals surface area (Å²) < 4.78 is 2.62. The van der Waals surface area contributed by atoms with Crippen molar-refractivity contribution in [2.24, 2.45) is 0 Å². The maximum Gasteiger partial charge on any atom is 0.257 e. The van der Waals surface area contributed by atoms with Gasteiger partial charge in [0.1, 0.15) is 12.4 Å².